The molecule has 2 N–H and O–H groups in total. The van der Waals surface area contributed by atoms with Crippen LogP contribution in [0, 0.1) is 6.92 Å². The third-order valence-corrected chi connectivity index (χ3v) is 6.20. The molecule has 2 aromatic rings. The van der Waals surface area contributed by atoms with Gasteiger partial charge in [-0.15, -0.1) is 0 Å². The van der Waals surface area contributed by atoms with Crippen molar-refractivity contribution < 1.29 is 14.7 Å². The van der Waals surface area contributed by atoms with Crippen LogP contribution in [0.25, 0.3) is 0 Å². The zero-order valence-corrected chi connectivity index (χ0v) is 17.4. The van der Waals surface area contributed by atoms with Crippen molar-refractivity contribution in [1.29, 1.82) is 0 Å². The predicted octanol–water partition coefficient (Wildman–Crippen LogP) is 3.74. The molecule has 1 fully saturated rings. The van der Waals surface area contributed by atoms with Crippen LogP contribution in [0.5, 0.6) is 0 Å². The van der Waals surface area contributed by atoms with E-state index in [1.165, 1.54) is 5.56 Å². The van der Waals surface area contributed by atoms with Crippen molar-refractivity contribution in [3.63, 3.8) is 0 Å². The quantitative estimate of drug-likeness (QED) is 0.793. The molecule has 3 amide bonds. The number of carbonyl (C=O) groups is 2. The van der Waals surface area contributed by atoms with Gasteiger partial charge in [0.1, 0.15) is 0 Å². The highest BCUT2D eigenvalue weighted by Gasteiger charge is 2.31. The number of likely N-dealkylation sites (tertiary alicyclic amines) is 1. The van der Waals surface area contributed by atoms with E-state index in [4.69, 9.17) is 0 Å². The van der Waals surface area contributed by atoms with Crippen molar-refractivity contribution >= 4 is 17.6 Å². The molecule has 0 radical (unpaired) electrons. The largest absolute Gasteiger partial charge is 0.395 e. The predicted molar refractivity (Wildman–Crippen MR) is 117 cm³/mol. The molecule has 0 spiro atoms. The van der Waals surface area contributed by atoms with Crippen LogP contribution in [0.2, 0.25) is 0 Å². The van der Waals surface area contributed by atoms with Crippen LogP contribution in [0.3, 0.4) is 0 Å². The topological polar surface area (TPSA) is 72.9 Å². The lowest BCUT2D eigenvalue weighted by Gasteiger charge is -2.30. The van der Waals surface area contributed by atoms with Crippen LogP contribution in [-0.4, -0.2) is 53.1 Å². The minimum absolute atomic E-state index is 0.0270. The first kappa shape index (κ1) is 20.4. The number of nitrogens with one attached hydrogen (secondary N) is 1. The summed E-state index contributed by atoms with van der Waals surface area (Å²) >= 11 is 0. The Morgan fingerprint density at radius 3 is 2.67 bits per heavy atom. The molecule has 6 heteroatoms. The number of rotatable bonds is 5. The highest BCUT2D eigenvalue weighted by atomic mass is 16.3. The fourth-order valence-electron chi connectivity index (χ4n) is 4.69. The summed E-state index contributed by atoms with van der Waals surface area (Å²) in [5, 5.41) is 12.6. The van der Waals surface area contributed by atoms with E-state index in [-0.39, 0.29) is 31.1 Å². The van der Waals surface area contributed by atoms with Gasteiger partial charge in [0.15, 0.2) is 0 Å². The van der Waals surface area contributed by atoms with E-state index in [0.717, 1.165) is 49.9 Å². The monoisotopic (exact) mass is 407 g/mol. The molecular weight excluding hydrogens is 378 g/mol. The minimum atomic E-state index is -0.285. The molecule has 4 rings (SSSR count). The summed E-state index contributed by atoms with van der Waals surface area (Å²) in [6.07, 6.45) is 3.79. The maximum absolute atomic E-state index is 13.3. The number of hydrogen-bond acceptors (Lipinski definition) is 3. The van der Waals surface area contributed by atoms with Crippen molar-refractivity contribution in [3.8, 4) is 0 Å². The maximum atomic E-state index is 13.3. The van der Waals surface area contributed by atoms with Gasteiger partial charge in [0.25, 0.3) is 5.91 Å². The van der Waals surface area contributed by atoms with Crippen molar-refractivity contribution in [2.75, 3.05) is 31.6 Å². The van der Waals surface area contributed by atoms with Gasteiger partial charge in [-0.2, -0.15) is 0 Å². The number of aliphatic hydroxyl groups is 1. The third kappa shape index (κ3) is 3.92. The number of fused-ring (bicyclic) bond motifs is 1. The number of benzene rings is 2. The Hall–Kier alpha value is -2.86. The summed E-state index contributed by atoms with van der Waals surface area (Å²) in [4.78, 5) is 29.9. The number of urea groups is 1. The van der Waals surface area contributed by atoms with Crippen LogP contribution < -0.4 is 5.32 Å². The van der Waals surface area contributed by atoms with Gasteiger partial charge in [-0.1, -0.05) is 36.4 Å². The summed E-state index contributed by atoms with van der Waals surface area (Å²) in [6, 6.07) is 13.3. The molecule has 0 aromatic heterocycles. The summed E-state index contributed by atoms with van der Waals surface area (Å²) in [6.45, 7) is 3.55. The molecule has 1 heterocycles. The Morgan fingerprint density at radius 2 is 1.90 bits per heavy atom. The molecule has 1 saturated heterocycles. The standard InChI is InChI=1S/C24H29N3O3/c1-17-7-6-10-20(22(17)23(29)26-13-4-5-14-26)25-24(30)27(15-16-28)21-12-11-18-8-2-3-9-19(18)21/h2-3,6-10,21,28H,4-5,11-16H2,1H3,(H,25,30)/t21-/m0/s1. The van der Waals surface area contributed by atoms with E-state index in [0.29, 0.717) is 11.3 Å². The van der Waals surface area contributed by atoms with E-state index < -0.39 is 0 Å². The molecule has 0 bridgehead atoms. The zero-order valence-electron chi connectivity index (χ0n) is 17.4. The van der Waals surface area contributed by atoms with Crippen LogP contribution in [0.15, 0.2) is 42.5 Å². The van der Waals surface area contributed by atoms with Gasteiger partial charge in [0.2, 0.25) is 0 Å². The summed E-state index contributed by atoms with van der Waals surface area (Å²) in [5.41, 5.74) is 4.33. The summed E-state index contributed by atoms with van der Waals surface area (Å²) < 4.78 is 0. The number of nitrogens with zero attached hydrogens (tertiary/aromatic N) is 2. The highest BCUT2D eigenvalue weighted by Crippen LogP contribution is 2.36. The van der Waals surface area contributed by atoms with Gasteiger partial charge < -0.3 is 20.2 Å². The van der Waals surface area contributed by atoms with Crippen LogP contribution in [0.1, 0.15) is 52.4 Å². The molecule has 6 nitrogen and oxygen atoms in total. The van der Waals surface area contributed by atoms with E-state index in [9.17, 15) is 14.7 Å². The first-order chi connectivity index (χ1) is 14.6. The van der Waals surface area contributed by atoms with Crippen molar-refractivity contribution in [3.05, 3.63) is 64.7 Å². The number of amides is 3. The van der Waals surface area contributed by atoms with Gasteiger partial charge in [-0.05, 0) is 55.4 Å². The van der Waals surface area contributed by atoms with Gasteiger partial charge in [0, 0.05) is 19.6 Å². The van der Waals surface area contributed by atoms with Crippen molar-refractivity contribution in [1.82, 2.24) is 9.80 Å². The first-order valence-electron chi connectivity index (χ1n) is 10.8. The lowest BCUT2D eigenvalue weighted by molar-refractivity contribution is 0.0793. The van der Waals surface area contributed by atoms with Gasteiger partial charge in [0.05, 0.1) is 23.9 Å². The summed E-state index contributed by atoms with van der Waals surface area (Å²) in [5.74, 6) is -0.0270. The van der Waals surface area contributed by atoms with Crippen LogP contribution >= 0.6 is 0 Å². The Balaban J connectivity index is 1.59. The first-order valence-corrected chi connectivity index (χ1v) is 10.8. The normalized spacial score (nSPS) is 17.7. The second kappa shape index (κ2) is 8.88. The minimum Gasteiger partial charge on any atom is -0.395 e. The van der Waals surface area contributed by atoms with E-state index in [1.54, 1.807) is 11.0 Å². The average Bonchev–Trinajstić information content (AvgIpc) is 3.42. The smallest absolute Gasteiger partial charge is 0.322 e. The number of aryl methyl sites for hydroxylation is 2. The fourth-order valence-corrected chi connectivity index (χ4v) is 4.69. The number of aliphatic hydroxyl groups excluding tert-OH is 1. The molecule has 1 aliphatic carbocycles. The zero-order chi connectivity index (χ0) is 21.1. The molecule has 30 heavy (non-hydrogen) atoms. The lowest BCUT2D eigenvalue weighted by atomic mass is 10.0. The Morgan fingerprint density at radius 1 is 1.13 bits per heavy atom. The average molecular weight is 408 g/mol. The number of hydrogen-bond donors (Lipinski definition) is 2. The van der Waals surface area contributed by atoms with Gasteiger partial charge >= 0.3 is 6.03 Å². The number of anilines is 1. The molecule has 158 valence electrons. The SMILES string of the molecule is Cc1cccc(NC(=O)N(CCO)[C@H]2CCc3ccccc32)c1C(=O)N1CCCC1. The lowest BCUT2D eigenvalue weighted by Crippen LogP contribution is -2.40. The molecule has 2 aromatic carbocycles. The van der Waals surface area contributed by atoms with E-state index >= 15 is 0 Å². The number of carbonyl (C=O) groups excluding carboxylic acids is 2. The molecule has 2 aliphatic rings. The highest BCUT2D eigenvalue weighted by molar-refractivity contribution is 6.04. The van der Waals surface area contributed by atoms with E-state index in [1.807, 2.05) is 36.1 Å². The van der Waals surface area contributed by atoms with Crippen molar-refractivity contribution in [2.45, 2.75) is 38.6 Å². The Bertz CT molecular complexity index is 937. The van der Waals surface area contributed by atoms with Crippen molar-refractivity contribution in [2.24, 2.45) is 0 Å². The Kier molecular flexibility index (Phi) is 6.04. The second-order valence-corrected chi connectivity index (χ2v) is 8.10. The molecular formula is C24H29N3O3. The molecule has 1 aliphatic heterocycles. The second-order valence-electron chi connectivity index (χ2n) is 8.10. The van der Waals surface area contributed by atoms with Gasteiger partial charge in [-0.25, -0.2) is 4.79 Å². The molecule has 0 saturated carbocycles. The maximum Gasteiger partial charge on any atom is 0.322 e. The molecule has 0 unspecified atom stereocenters. The van der Waals surface area contributed by atoms with E-state index in [2.05, 4.69) is 17.4 Å². The van der Waals surface area contributed by atoms with Crippen LogP contribution in [0.4, 0.5) is 10.5 Å². The fraction of sp³-hybridized carbons (Fsp3) is 0.417. The summed E-state index contributed by atoms with van der Waals surface area (Å²) in [7, 11) is 0. The third-order valence-electron chi connectivity index (χ3n) is 6.20. The molecule has 1 atom stereocenters. The van der Waals surface area contributed by atoms with Crippen LogP contribution in [-0.2, 0) is 6.42 Å². The van der Waals surface area contributed by atoms with Gasteiger partial charge in [-0.3, -0.25) is 4.79 Å². The Labute approximate surface area is 177 Å².